The van der Waals surface area contributed by atoms with Crippen LogP contribution >= 0.6 is 0 Å². The Morgan fingerprint density at radius 2 is 0.844 bits per heavy atom. The fourth-order valence-corrected chi connectivity index (χ4v) is 3.00. The maximum absolute atomic E-state index is 12.4. The van der Waals surface area contributed by atoms with Crippen LogP contribution in [0.3, 0.4) is 0 Å². The summed E-state index contributed by atoms with van der Waals surface area (Å²) < 4.78 is 31.8. The topological polar surface area (TPSA) is 114 Å². The highest BCUT2D eigenvalue weighted by Gasteiger charge is 2.19. The molecular formula is C22H28N2O8. The number of hydrogen-bond donors (Lipinski definition) is 2. The molecule has 10 nitrogen and oxygen atoms in total. The van der Waals surface area contributed by atoms with Gasteiger partial charge in [0.2, 0.25) is 0 Å². The molecule has 174 valence electrons. The molecule has 0 bridgehead atoms. The van der Waals surface area contributed by atoms with Crippen molar-refractivity contribution in [1.29, 1.82) is 0 Å². The number of carbonyl (C=O) groups excluding carboxylic acids is 2. The lowest BCUT2D eigenvalue weighted by Gasteiger charge is -2.16. The smallest absolute Gasteiger partial charge is 0.309 e. The van der Waals surface area contributed by atoms with Crippen molar-refractivity contribution in [3.8, 4) is 34.5 Å². The first kappa shape index (κ1) is 24.4. The summed E-state index contributed by atoms with van der Waals surface area (Å²) >= 11 is 0. The third kappa shape index (κ3) is 5.65. The van der Waals surface area contributed by atoms with E-state index in [2.05, 4.69) is 10.6 Å². The maximum atomic E-state index is 12.4. The van der Waals surface area contributed by atoms with Crippen molar-refractivity contribution in [2.75, 3.05) is 42.7 Å². The van der Waals surface area contributed by atoms with Crippen LogP contribution in [0.25, 0.3) is 0 Å². The standard InChI is InChI=1S/C22H28N2O8/c1-27-13-7-17(29-3)15(18(8-13)30-4)11-23-21(25)22(26)24-12-16-19(31-5)9-14(28-2)10-20(16)32-6/h7-10H,11-12H2,1-6H3,(H,23,25)(H,24,26). The highest BCUT2D eigenvalue weighted by molar-refractivity contribution is 6.35. The molecule has 32 heavy (non-hydrogen) atoms. The van der Waals surface area contributed by atoms with Gasteiger partial charge in [-0.25, -0.2) is 0 Å². The second-order valence-corrected chi connectivity index (χ2v) is 6.39. The fourth-order valence-electron chi connectivity index (χ4n) is 3.00. The van der Waals surface area contributed by atoms with Crippen molar-refractivity contribution >= 4 is 11.8 Å². The zero-order chi connectivity index (χ0) is 23.7. The molecule has 0 aromatic heterocycles. The van der Waals surface area contributed by atoms with Crippen LogP contribution in [0.2, 0.25) is 0 Å². The number of rotatable bonds is 10. The van der Waals surface area contributed by atoms with Crippen molar-refractivity contribution in [2.24, 2.45) is 0 Å². The molecule has 0 spiro atoms. The quantitative estimate of drug-likeness (QED) is 0.528. The molecule has 0 saturated carbocycles. The van der Waals surface area contributed by atoms with Gasteiger partial charge in [0.1, 0.15) is 34.5 Å². The summed E-state index contributed by atoms with van der Waals surface area (Å²) in [5.74, 6) is 1.24. The van der Waals surface area contributed by atoms with E-state index in [1.54, 1.807) is 24.3 Å². The fraction of sp³-hybridized carbons (Fsp3) is 0.364. The molecule has 2 aromatic carbocycles. The minimum Gasteiger partial charge on any atom is -0.496 e. The van der Waals surface area contributed by atoms with Gasteiger partial charge in [-0.15, -0.1) is 0 Å². The van der Waals surface area contributed by atoms with Crippen LogP contribution < -0.4 is 39.1 Å². The van der Waals surface area contributed by atoms with E-state index in [0.29, 0.717) is 45.6 Å². The lowest BCUT2D eigenvalue weighted by molar-refractivity contribution is -0.139. The van der Waals surface area contributed by atoms with Crippen molar-refractivity contribution in [1.82, 2.24) is 10.6 Å². The predicted octanol–water partition coefficient (Wildman–Crippen LogP) is 1.67. The van der Waals surface area contributed by atoms with Gasteiger partial charge in [-0.05, 0) is 0 Å². The summed E-state index contributed by atoms with van der Waals surface area (Å²) in [5, 5.41) is 5.13. The van der Waals surface area contributed by atoms with Gasteiger partial charge >= 0.3 is 11.8 Å². The molecule has 2 amide bonds. The lowest BCUT2D eigenvalue weighted by Crippen LogP contribution is -2.39. The molecular weight excluding hydrogens is 420 g/mol. The molecule has 0 unspecified atom stereocenters. The first-order valence-corrected chi connectivity index (χ1v) is 9.56. The Morgan fingerprint density at radius 3 is 1.06 bits per heavy atom. The molecule has 0 aliphatic heterocycles. The molecule has 2 rings (SSSR count). The molecule has 10 heteroatoms. The predicted molar refractivity (Wildman–Crippen MR) is 116 cm³/mol. The summed E-state index contributed by atoms with van der Waals surface area (Å²) in [6.07, 6.45) is 0. The second kappa shape index (κ2) is 11.5. The highest BCUT2D eigenvalue weighted by Crippen LogP contribution is 2.35. The second-order valence-electron chi connectivity index (χ2n) is 6.39. The van der Waals surface area contributed by atoms with Gasteiger partial charge in [-0.2, -0.15) is 0 Å². The van der Waals surface area contributed by atoms with Crippen molar-refractivity contribution in [3.63, 3.8) is 0 Å². The van der Waals surface area contributed by atoms with Crippen LogP contribution in [0.5, 0.6) is 34.5 Å². The van der Waals surface area contributed by atoms with Crippen molar-refractivity contribution in [2.45, 2.75) is 13.1 Å². The Labute approximate surface area is 186 Å². The Morgan fingerprint density at radius 1 is 0.562 bits per heavy atom. The first-order valence-electron chi connectivity index (χ1n) is 9.56. The monoisotopic (exact) mass is 448 g/mol. The maximum Gasteiger partial charge on any atom is 0.309 e. The Hall–Kier alpha value is -3.82. The highest BCUT2D eigenvalue weighted by atomic mass is 16.5. The van der Waals surface area contributed by atoms with E-state index in [4.69, 9.17) is 28.4 Å². The van der Waals surface area contributed by atoms with Crippen LogP contribution in [0.4, 0.5) is 0 Å². The zero-order valence-electron chi connectivity index (χ0n) is 19.0. The van der Waals surface area contributed by atoms with E-state index in [-0.39, 0.29) is 13.1 Å². The van der Waals surface area contributed by atoms with Gasteiger partial charge in [0, 0.05) is 24.3 Å². The van der Waals surface area contributed by atoms with Gasteiger partial charge in [-0.1, -0.05) is 0 Å². The number of nitrogens with one attached hydrogen (secondary N) is 2. The summed E-state index contributed by atoms with van der Waals surface area (Å²) in [6, 6.07) is 6.64. The lowest BCUT2D eigenvalue weighted by atomic mass is 10.1. The molecule has 0 fully saturated rings. The SMILES string of the molecule is COc1cc(OC)c(CNC(=O)C(=O)NCc2c(OC)cc(OC)cc2OC)c(OC)c1. The molecule has 0 radical (unpaired) electrons. The number of methoxy groups -OCH3 is 6. The van der Waals surface area contributed by atoms with E-state index in [0.717, 1.165) is 0 Å². The minimum absolute atomic E-state index is 0.0117. The summed E-state index contributed by atoms with van der Waals surface area (Å²) in [6.45, 7) is 0.0234. The van der Waals surface area contributed by atoms with Crippen molar-refractivity contribution < 1.29 is 38.0 Å². The molecule has 2 aromatic rings. The number of ether oxygens (including phenoxy) is 6. The molecule has 0 atom stereocenters. The van der Waals surface area contributed by atoms with E-state index in [9.17, 15) is 9.59 Å². The van der Waals surface area contributed by atoms with Crippen LogP contribution in [-0.4, -0.2) is 54.5 Å². The van der Waals surface area contributed by atoms with Gasteiger partial charge < -0.3 is 39.1 Å². The number of amides is 2. The van der Waals surface area contributed by atoms with Gasteiger partial charge in [0.25, 0.3) is 0 Å². The zero-order valence-corrected chi connectivity index (χ0v) is 19.0. The van der Waals surface area contributed by atoms with Crippen LogP contribution in [0.15, 0.2) is 24.3 Å². The molecule has 0 saturated heterocycles. The van der Waals surface area contributed by atoms with Gasteiger partial charge in [0.15, 0.2) is 0 Å². The molecule has 0 aliphatic rings. The van der Waals surface area contributed by atoms with E-state index >= 15 is 0 Å². The average molecular weight is 448 g/mol. The van der Waals surface area contributed by atoms with E-state index in [1.807, 2.05) is 0 Å². The Kier molecular flexibility index (Phi) is 8.82. The molecule has 0 heterocycles. The third-order valence-electron chi connectivity index (χ3n) is 4.69. The third-order valence-corrected chi connectivity index (χ3v) is 4.69. The van der Waals surface area contributed by atoms with Crippen LogP contribution in [0, 0.1) is 0 Å². The van der Waals surface area contributed by atoms with Crippen molar-refractivity contribution in [3.05, 3.63) is 35.4 Å². The average Bonchev–Trinajstić information content (AvgIpc) is 2.84. The van der Waals surface area contributed by atoms with E-state index in [1.165, 1.54) is 42.7 Å². The number of carbonyl (C=O) groups is 2. The minimum atomic E-state index is -0.823. The Balaban J connectivity index is 2.09. The van der Waals surface area contributed by atoms with E-state index < -0.39 is 11.8 Å². The summed E-state index contributed by atoms with van der Waals surface area (Å²) in [7, 11) is 8.99. The number of benzene rings is 2. The largest absolute Gasteiger partial charge is 0.496 e. The van der Waals surface area contributed by atoms with Crippen LogP contribution in [-0.2, 0) is 22.7 Å². The first-order chi connectivity index (χ1) is 15.4. The summed E-state index contributed by atoms with van der Waals surface area (Å²) in [4.78, 5) is 24.7. The van der Waals surface area contributed by atoms with Crippen LogP contribution in [0.1, 0.15) is 11.1 Å². The van der Waals surface area contributed by atoms with Gasteiger partial charge in [-0.3, -0.25) is 9.59 Å². The van der Waals surface area contributed by atoms with Gasteiger partial charge in [0.05, 0.1) is 66.9 Å². The Bertz CT molecular complexity index is 833. The molecule has 0 aliphatic carbocycles. The number of hydrogen-bond acceptors (Lipinski definition) is 8. The normalized spacial score (nSPS) is 10.1. The summed E-state index contributed by atoms with van der Waals surface area (Å²) in [5.41, 5.74) is 1.13. The molecule has 2 N–H and O–H groups in total.